The predicted octanol–water partition coefficient (Wildman–Crippen LogP) is 2.42. The highest BCUT2D eigenvalue weighted by Gasteiger charge is 2.19. The molecular weight excluding hydrogens is 278 g/mol. The minimum atomic E-state index is -0.0697. The average molecular weight is 299 g/mol. The molecule has 22 heavy (non-hydrogen) atoms. The van der Waals surface area contributed by atoms with Gasteiger partial charge in [-0.1, -0.05) is 12.1 Å². The molecule has 3 rings (SSSR count). The molecule has 1 aromatic heterocycles. The van der Waals surface area contributed by atoms with E-state index >= 15 is 0 Å². The van der Waals surface area contributed by atoms with E-state index in [1.54, 1.807) is 10.9 Å². The molecule has 1 saturated heterocycles. The molecule has 1 aliphatic rings. The van der Waals surface area contributed by atoms with E-state index in [2.05, 4.69) is 16.5 Å². The lowest BCUT2D eigenvalue weighted by Crippen LogP contribution is -2.26. The van der Waals surface area contributed by atoms with Crippen LogP contribution in [0.5, 0.6) is 0 Å². The van der Waals surface area contributed by atoms with Crippen LogP contribution >= 0.6 is 0 Å². The second-order valence-corrected chi connectivity index (χ2v) is 5.83. The summed E-state index contributed by atoms with van der Waals surface area (Å²) in [6, 6.07) is 7.77. The van der Waals surface area contributed by atoms with E-state index < -0.39 is 0 Å². The van der Waals surface area contributed by atoms with Gasteiger partial charge in [0.1, 0.15) is 0 Å². The summed E-state index contributed by atoms with van der Waals surface area (Å²) in [5.41, 5.74) is 2.87. The summed E-state index contributed by atoms with van der Waals surface area (Å²) in [6.07, 6.45) is 4.71. The fourth-order valence-corrected chi connectivity index (χ4v) is 2.76. The summed E-state index contributed by atoms with van der Waals surface area (Å²) in [7, 11) is 1.87. The predicted molar refractivity (Wildman–Crippen MR) is 83.7 cm³/mol. The lowest BCUT2D eigenvalue weighted by molar-refractivity contribution is 0.0939. The zero-order chi connectivity index (χ0) is 15.5. The number of aryl methyl sites for hydroxylation is 1. The number of ether oxygens (including phenoxy) is 1. The van der Waals surface area contributed by atoms with Crippen LogP contribution in [-0.4, -0.2) is 28.9 Å². The first-order chi connectivity index (χ1) is 10.6. The van der Waals surface area contributed by atoms with Crippen LogP contribution in [0, 0.1) is 0 Å². The van der Waals surface area contributed by atoms with Gasteiger partial charge in [-0.25, -0.2) is 0 Å². The van der Waals surface area contributed by atoms with Crippen molar-refractivity contribution in [3.63, 3.8) is 0 Å². The van der Waals surface area contributed by atoms with Crippen molar-refractivity contribution < 1.29 is 9.53 Å². The minimum absolute atomic E-state index is 0.0582. The number of carbonyl (C=O) groups excluding carboxylic acids is 1. The van der Waals surface area contributed by atoms with E-state index in [0.29, 0.717) is 11.5 Å². The Morgan fingerprint density at radius 1 is 1.50 bits per heavy atom. The molecular formula is C17H21N3O2. The smallest absolute Gasteiger partial charge is 0.251 e. The highest BCUT2D eigenvalue weighted by atomic mass is 16.5. The lowest BCUT2D eigenvalue weighted by Gasteiger charge is -2.14. The van der Waals surface area contributed by atoms with Crippen LogP contribution in [0.1, 0.15) is 46.8 Å². The molecule has 0 spiro atoms. The number of amides is 1. The Bertz CT molecular complexity index is 659. The van der Waals surface area contributed by atoms with Crippen LogP contribution in [-0.2, 0) is 11.8 Å². The Labute approximate surface area is 130 Å². The molecule has 1 amide bonds. The Morgan fingerprint density at radius 3 is 3.05 bits per heavy atom. The summed E-state index contributed by atoms with van der Waals surface area (Å²) in [5.74, 6) is 0.348. The first-order valence-electron chi connectivity index (χ1n) is 7.60. The molecule has 0 radical (unpaired) electrons. The molecule has 1 fully saturated rings. The average Bonchev–Trinajstić information content (AvgIpc) is 3.18. The molecule has 1 aliphatic heterocycles. The fourth-order valence-electron chi connectivity index (χ4n) is 2.76. The third-order valence-corrected chi connectivity index (χ3v) is 4.12. The van der Waals surface area contributed by atoms with E-state index in [1.807, 2.05) is 38.4 Å². The number of rotatable bonds is 4. The Morgan fingerprint density at radius 2 is 2.36 bits per heavy atom. The Hall–Kier alpha value is -2.14. The van der Waals surface area contributed by atoms with E-state index in [9.17, 15) is 4.79 Å². The Kier molecular flexibility index (Phi) is 4.24. The largest absolute Gasteiger partial charge is 0.381 e. The molecule has 2 unspecified atom stereocenters. The van der Waals surface area contributed by atoms with E-state index in [1.165, 1.54) is 5.56 Å². The molecule has 5 heteroatoms. The SMILES string of the molecule is CC(NC(=O)c1cccc(C2CCOC2)c1)c1cnn(C)c1. The second-order valence-electron chi connectivity index (χ2n) is 5.83. The van der Waals surface area contributed by atoms with Gasteiger partial charge in [-0.05, 0) is 31.0 Å². The summed E-state index contributed by atoms with van der Waals surface area (Å²) in [4.78, 5) is 12.4. The maximum absolute atomic E-state index is 12.4. The summed E-state index contributed by atoms with van der Waals surface area (Å²) in [5, 5.41) is 7.16. The highest BCUT2D eigenvalue weighted by Crippen LogP contribution is 2.25. The molecule has 2 aromatic rings. The summed E-state index contributed by atoms with van der Waals surface area (Å²) < 4.78 is 7.16. The van der Waals surface area contributed by atoms with Crippen molar-refractivity contribution in [1.82, 2.24) is 15.1 Å². The van der Waals surface area contributed by atoms with Gasteiger partial charge >= 0.3 is 0 Å². The number of benzene rings is 1. The lowest BCUT2D eigenvalue weighted by atomic mass is 9.96. The minimum Gasteiger partial charge on any atom is -0.381 e. The molecule has 0 bridgehead atoms. The number of carbonyl (C=O) groups is 1. The van der Waals surface area contributed by atoms with Gasteiger partial charge in [0.25, 0.3) is 5.91 Å². The van der Waals surface area contributed by atoms with Crippen LogP contribution < -0.4 is 5.32 Å². The number of hydrogen-bond acceptors (Lipinski definition) is 3. The van der Waals surface area contributed by atoms with Crippen molar-refractivity contribution in [2.45, 2.75) is 25.3 Å². The standard InChI is InChI=1S/C17H21N3O2/c1-12(16-9-18-20(2)10-16)19-17(21)14-5-3-4-13(8-14)15-6-7-22-11-15/h3-5,8-10,12,15H,6-7,11H2,1-2H3,(H,19,21). The van der Waals surface area contributed by atoms with Gasteiger partial charge in [-0.3, -0.25) is 9.48 Å². The molecule has 0 saturated carbocycles. The zero-order valence-electron chi connectivity index (χ0n) is 13.0. The van der Waals surface area contributed by atoms with Crippen LogP contribution in [0.3, 0.4) is 0 Å². The topological polar surface area (TPSA) is 56.1 Å². The van der Waals surface area contributed by atoms with Crippen molar-refractivity contribution >= 4 is 5.91 Å². The van der Waals surface area contributed by atoms with Gasteiger partial charge in [-0.2, -0.15) is 5.10 Å². The maximum Gasteiger partial charge on any atom is 0.251 e. The normalized spacial score (nSPS) is 19.1. The van der Waals surface area contributed by atoms with Crippen molar-refractivity contribution in [3.05, 3.63) is 53.3 Å². The summed E-state index contributed by atoms with van der Waals surface area (Å²) in [6.45, 7) is 3.51. The monoisotopic (exact) mass is 299 g/mol. The number of nitrogens with zero attached hydrogens (tertiary/aromatic N) is 2. The third kappa shape index (κ3) is 3.20. The zero-order valence-corrected chi connectivity index (χ0v) is 13.0. The van der Waals surface area contributed by atoms with Crippen molar-refractivity contribution in [1.29, 1.82) is 0 Å². The molecule has 1 aromatic carbocycles. The van der Waals surface area contributed by atoms with Gasteiger partial charge in [-0.15, -0.1) is 0 Å². The third-order valence-electron chi connectivity index (χ3n) is 4.12. The van der Waals surface area contributed by atoms with E-state index in [4.69, 9.17) is 4.74 Å². The molecule has 2 atom stereocenters. The van der Waals surface area contributed by atoms with E-state index in [-0.39, 0.29) is 11.9 Å². The van der Waals surface area contributed by atoms with Crippen LogP contribution in [0.15, 0.2) is 36.7 Å². The fraction of sp³-hybridized carbons (Fsp3) is 0.412. The first-order valence-corrected chi connectivity index (χ1v) is 7.60. The molecule has 2 heterocycles. The molecule has 1 N–H and O–H groups in total. The highest BCUT2D eigenvalue weighted by molar-refractivity contribution is 5.94. The first kappa shape index (κ1) is 14.8. The van der Waals surface area contributed by atoms with Gasteiger partial charge in [0.15, 0.2) is 0 Å². The number of nitrogens with one attached hydrogen (secondary N) is 1. The van der Waals surface area contributed by atoms with Gasteiger partial charge in [0.05, 0.1) is 18.8 Å². The second kappa shape index (κ2) is 6.32. The van der Waals surface area contributed by atoms with Gasteiger partial charge in [0.2, 0.25) is 0 Å². The molecule has 5 nitrogen and oxygen atoms in total. The Balaban J connectivity index is 1.70. The molecule has 116 valence electrons. The van der Waals surface area contributed by atoms with Crippen molar-refractivity contribution in [2.75, 3.05) is 13.2 Å². The van der Waals surface area contributed by atoms with Crippen molar-refractivity contribution in [2.24, 2.45) is 7.05 Å². The maximum atomic E-state index is 12.4. The van der Waals surface area contributed by atoms with Crippen LogP contribution in [0.25, 0.3) is 0 Å². The number of hydrogen-bond donors (Lipinski definition) is 1. The van der Waals surface area contributed by atoms with Gasteiger partial charge < -0.3 is 10.1 Å². The quantitative estimate of drug-likeness (QED) is 0.943. The summed E-state index contributed by atoms with van der Waals surface area (Å²) >= 11 is 0. The number of aromatic nitrogens is 2. The van der Waals surface area contributed by atoms with Crippen LogP contribution in [0.2, 0.25) is 0 Å². The molecule has 0 aliphatic carbocycles. The van der Waals surface area contributed by atoms with Crippen LogP contribution in [0.4, 0.5) is 0 Å². The van der Waals surface area contributed by atoms with Crippen molar-refractivity contribution in [3.8, 4) is 0 Å². The van der Waals surface area contributed by atoms with E-state index in [0.717, 1.165) is 25.2 Å². The van der Waals surface area contributed by atoms with Gasteiger partial charge in [0, 0.05) is 36.9 Å².